The summed E-state index contributed by atoms with van der Waals surface area (Å²) in [5.74, 6) is -1.67. The number of carboxylic acid groups (broad SMARTS) is 1. The van der Waals surface area contributed by atoms with Crippen LogP contribution in [0.2, 0.25) is 0 Å². The predicted molar refractivity (Wildman–Crippen MR) is 93.4 cm³/mol. The summed E-state index contributed by atoms with van der Waals surface area (Å²) in [6, 6.07) is 0. The first kappa shape index (κ1) is 21.7. The molecule has 4 nitrogen and oxygen atoms in total. The van der Waals surface area contributed by atoms with Gasteiger partial charge in [-0.3, -0.25) is 0 Å². The summed E-state index contributed by atoms with van der Waals surface area (Å²) in [5, 5.41) is 8.54. The lowest BCUT2D eigenvalue weighted by Crippen LogP contribution is -2.17. The normalized spacial score (nSPS) is 12.4. The first-order chi connectivity index (χ1) is 11.1. The van der Waals surface area contributed by atoms with E-state index >= 15 is 0 Å². The number of rotatable bonds is 15. The summed E-state index contributed by atoms with van der Waals surface area (Å²) in [6.07, 6.45) is 15.5. The molecule has 0 amide bonds. The topological polar surface area (TPSA) is 63.6 Å². The monoisotopic (exact) mass is 326 g/mol. The van der Waals surface area contributed by atoms with Gasteiger partial charge in [0.15, 0.2) is 0 Å². The molecule has 0 heterocycles. The fourth-order valence-electron chi connectivity index (χ4n) is 2.56. The molecule has 0 aromatic heterocycles. The van der Waals surface area contributed by atoms with Crippen molar-refractivity contribution >= 4 is 11.9 Å². The minimum absolute atomic E-state index is 0.0804. The van der Waals surface area contributed by atoms with Gasteiger partial charge in [-0.15, -0.1) is 0 Å². The van der Waals surface area contributed by atoms with E-state index in [-0.39, 0.29) is 6.10 Å². The third-order valence-electron chi connectivity index (χ3n) is 3.90. The van der Waals surface area contributed by atoms with Crippen molar-refractivity contribution in [2.45, 2.75) is 97.0 Å². The van der Waals surface area contributed by atoms with E-state index in [1.165, 1.54) is 38.5 Å². The average Bonchev–Trinajstić information content (AvgIpc) is 2.52. The molecular formula is C19H34O4. The molecule has 0 fully saturated rings. The number of hydrogen-bond acceptors (Lipinski definition) is 3. The minimum Gasteiger partial charge on any atom is -0.478 e. The second-order valence-electron chi connectivity index (χ2n) is 6.14. The van der Waals surface area contributed by atoms with Gasteiger partial charge in [0.05, 0.1) is 0 Å². The summed E-state index contributed by atoms with van der Waals surface area (Å²) in [5.41, 5.74) is 0. The smallest absolute Gasteiger partial charge is 0.331 e. The quantitative estimate of drug-likeness (QED) is 0.253. The number of carbonyl (C=O) groups is 2. The van der Waals surface area contributed by atoms with E-state index in [0.717, 1.165) is 50.7 Å². The van der Waals surface area contributed by atoms with Gasteiger partial charge in [0.1, 0.15) is 6.10 Å². The molecule has 0 spiro atoms. The molecule has 0 aromatic rings. The number of hydrogen-bond donors (Lipinski definition) is 1. The van der Waals surface area contributed by atoms with E-state index < -0.39 is 11.9 Å². The summed E-state index contributed by atoms with van der Waals surface area (Å²) < 4.78 is 5.40. The Hall–Kier alpha value is -1.32. The molecule has 0 aromatic carbocycles. The lowest BCUT2D eigenvalue weighted by Gasteiger charge is -2.17. The molecule has 0 bridgehead atoms. The predicted octanol–water partition coefficient (Wildman–Crippen LogP) is 5.26. The Morgan fingerprint density at radius 2 is 1.30 bits per heavy atom. The Morgan fingerprint density at radius 1 is 0.826 bits per heavy atom. The third-order valence-corrected chi connectivity index (χ3v) is 3.90. The van der Waals surface area contributed by atoms with Crippen LogP contribution < -0.4 is 0 Å². The number of esters is 1. The maximum atomic E-state index is 11.6. The molecule has 0 radical (unpaired) electrons. The van der Waals surface area contributed by atoms with Gasteiger partial charge in [-0.1, -0.05) is 65.2 Å². The van der Waals surface area contributed by atoms with Crippen LogP contribution in [0.25, 0.3) is 0 Å². The zero-order valence-electron chi connectivity index (χ0n) is 14.9. The molecule has 0 aliphatic carbocycles. The van der Waals surface area contributed by atoms with Gasteiger partial charge in [0.25, 0.3) is 0 Å². The van der Waals surface area contributed by atoms with Crippen LogP contribution in [0.1, 0.15) is 90.9 Å². The van der Waals surface area contributed by atoms with Crippen molar-refractivity contribution in [1.29, 1.82) is 0 Å². The molecule has 1 unspecified atom stereocenters. The number of aliphatic carboxylic acids is 1. The van der Waals surface area contributed by atoms with Crippen LogP contribution in [0, 0.1) is 0 Å². The van der Waals surface area contributed by atoms with Gasteiger partial charge in [-0.2, -0.15) is 0 Å². The van der Waals surface area contributed by atoms with Crippen molar-refractivity contribution in [3.05, 3.63) is 12.2 Å². The molecule has 0 saturated heterocycles. The zero-order chi connectivity index (χ0) is 17.3. The van der Waals surface area contributed by atoms with E-state index in [2.05, 4.69) is 13.8 Å². The molecule has 4 heteroatoms. The van der Waals surface area contributed by atoms with Crippen LogP contribution in [-0.2, 0) is 14.3 Å². The molecule has 134 valence electrons. The van der Waals surface area contributed by atoms with Gasteiger partial charge in [-0.05, 0) is 25.7 Å². The van der Waals surface area contributed by atoms with Crippen molar-refractivity contribution in [2.75, 3.05) is 0 Å². The standard InChI is InChI=1S/C19H34O4/c1-3-5-7-8-9-10-12-14-17(13-11-6-4-2)23-19(22)16-15-18(20)21/h15-17H,3-14H2,1-2H3,(H,20,21)/b16-15-. The van der Waals surface area contributed by atoms with Crippen molar-refractivity contribution in [3.8, 4) is 0 Å². The molecule has 1 N–H and O–H groups in total. The molecule has 23 heavy (non-hydrogen) atoms. The Morgan fingerprint density at radius 3 is 1.87 bits per heavy atom. The Labute approximate surface area is 141 Å². The van der Waals surface area contributed by atoms with E-state index in [4.69, 9.17) is 9.84 Å². The fourth-order valence-corrected chi connectivity index (χ4v) is 2.56. The summed E-state index contributed by atoms with van der Waals surface area (Å²) in [6.45, 7) is 4.36. The fraction of sp³-hybridized carbons (Fsp3) is 0.789. The van der Waals surface area contributed by atoms with E-state index in [1.807, 2.05) is 0 Å². The summed E-state index contributed by atoms with van der Waals surface area (Å²) in [7, 11) is 0. The molecule has 0 aliphatic rings. The number of unbranched alkanes of at least 4 members (excludes halogenated alkanes) is 8. The van der Waals surface area contributed by atoms with Gasteiger partial charge in [0, 0.05) is 12.2 Å². The van der Waals surface area contributed by atoms with Crippen molar-refractivity contribution in [1.82, 2.24) is 0 Å². The van der Waals surface area contributed by atoms with Crippen molar-refractivity contribution in [3.63, 3.8) is 0 Å². The van der Waals surface area contributed by atoms with Gasteiger partial charge in [-0.25, -0.2) is 9.59 Å². The minimum atomic E-state index is -1.13. The highest BCUT2D eigenvalue weighted by molar-refractivity contribution is 5.90. The highest BCUT2D eigenvalue weighted by atomic mass is 16.5. The highest BCUT2D eigenvalue weighted by Gasteiger charge is 2.12. The Balaban J connectivity index is 4.03. The lowest BCUT2D eigenvalue weighted by molar-refractivity contribution is -0.144. The van der Waals surface area contributed by atoms with Crippen molar-refractivity contribution < 1.29 is 19.4 Å². The van der Waals surface area contributed by atoms with Gasteiger partial charge < -0.3 is 9.84 Å². The van der Waals surface area contributed by atoms with Crippen LogP contribution in [0.3, 0.4) is 0 Å². The largest absolute Gasteiger partial charge is 0.478 e. The average molecular weight is 326 g/mol. The first-order valence-electron chi connectivity index (χ1n) is 9.21. The maximum absolute atomic E-state index is 11.6. The zero-order valence-corrected chi connectivity index (χ0v) is 14.9. The number of carbonyl (C=O) groups excluding carboxylic acids is 1. The van der Waals surface area contributed by atoms with Gasteiger partial charge in [0.2, 0.25) is 0 Å². The Kier molecular flexibility index (Phi) is 14.7. The van der Waals surface area contributed by atoms with Crippen molar-refractivity contribution in [2.24, 2.45) is 0 Å². The second-order valence-corrected chi connectivity index (χ2v) is 6.14. The molecular weight excluding hydrogens is 292 g/mol. The third kappa shape index (κ3) is 15.4. The van der Waals surface area contributed by atoms with Crippen LogP contribution in [-0.4, -0.2) is 23.1 Å². The number of ether oxygens (including phenoxy) is 1. The summed E-state index contributed by atoms with van der Waals surface area (Å²) in [4.78, 5) is 22.1. The molecule has 0 rings (SSSR count). The Bertz CT molecular complexity index is 336. The van der Waals surface area contributed by atoms with Crippen LogP contribution in [0.15, 0.2) is 12.2 Å². The van der Waals surface area contributed by atoms with Crippen LogP contribution in [0.4, 0.5) is 0 Å². The maximum Gasteiger partial charge on any atom is 0.331 e. The van der Waals surface area contributed by atoms with Crippen LogP contribution in [0.5, 0.6) is 0 Å². The van der Waals surface area contributed by atoms with Crippen LogP contribution >= 0.6 is 0 Å². The summed E-state index contributed by atoms with van der Waals surface area (Å²) >= 11 is 0. The second kappa shape index (κ2) is 15.6. The molecule has 0 saturated carbocycles. The van der Waals surface area contributed by atoms with Gasteiger partial charge >= 0.3 is 11.9 Å². The SMILES string of the molecule is CCCCCCCCCC(CCCCC)OC(=O)/C=C\C(=O)O. The van der Waals surface area contributed by atoms with E-state index in [0.29, 0.717) is 0 Å². The lowest BCUT2D eigenvalue weighted by atomic mass is 10.0. The molecule has 1 atom stereocenters. The van der Waals surface area contributed by atoms with E-state index in [9.17, 15) is 9.59 Å². The highest BCUT2D eigenvalue weighted by Crippen LogP contribution is 2.16. The number of carboxylic acids is 1. The molecule has 0 aliphatic heterocycles. The van der Waals surface area contributed by atoms with E-state index in [1.54, 1.807) is 0 Å². The first-order valence-corrected chi connectivity index (χ1v) is 9.21.